The van der Waals surface area contributed by atoms with Crippen LogP contribution in [0.5, 0.6) is 0 Å². The number of hydrogen-bond acceptors (Lipinski definition) is 0. The Labute approximate surface area is 302 Å². The standard InChI is InChI=1S/C52H32/c1-3-12-33(13-4-1)35-22-26-37(27-23-35)48-45-30-39-16-7-8-17-40(39)31-46(45)49(38-28-24-36(25-29-38)34-14-5-2-6-15-34)52-47-32-41-18-9-10-19-42(41)43-20-11-21-44(50(43)47)51(48)52/h1-32H. The monoisotopic (exact) mass is 656 g/mol. The summed E-state index contributed by atoms with van der Waals surface area (Å²) in [5, 5.41) is 10.3. The van der Waals surface area contributed by atoms with Gasteiger partial charge in [-0.1, -0.05) is 176 Å². The zero-order valence-corrected chi connectivity index (χ0v) is 28.5. The van der Waals surface area contributed by atoms with Crippen LogP contribution >= 0.6 is 0 Å². The lowest BCUT2D eigenvalue weighted by Gasteiger charge is -2.21. The summed E-state index contributed by atoms with van der Waals surface area (Å²) in [5.41, 5.74) is 15.3. The molecule has 0 amide bonds. The molecular formula is C52H32. The molecule has 11 rings (SSSR count). The summed E-state index contributed by atoms with van der Waals surface area (Å²) >= 11 is 0. The molecule has 0 saturated heterocycles. The Bertz CT molecular complexity index is 3010. The number of fused-ring (bicyclic) bond motifs is 7. The molecule has 0 N–H and O–H groups in total. The minimum absolute atomic E-state index is 1.22. The van der Waals surface area contributed by atoms with E-state index in [9.17, 15) is 0 Å². The summed E-state index contributed by atoms with van der Waals surface area (Å²) in [7, 11) is 0. The van der Waals surface area contributed by atoms with Crippen molar-refractivity contribution in [2.75, 3.05) is 0 Å². The quantitative estimate of drug-likeness (QED) is 0.131. The third kappa shape index (κ3) is 4.35. The molecule has 0 bridgehead atoms. The molecule has 0 atom stereocenters. The Morgan fingerprint density at radius 2 is 0.635 bits per heavy atom. The molecule has 0 radical (unpaired) electrons. The summed E-state index contributed by atoms with van der Waals surface area (Å²) in [6.45, 7) is 0. The van der Waals surface area contributed by atoms with E-state index in [2.05, 4.69) is 194 Å². The van der Waals surface area contributed by atoms with Gasteiger partial charge in [0.15, 0.2) is 0 Å². The molecule has 0 fully saturated rings. The Hall–Kier alpha value is -6.76. The summed E-state index contributed by atoms with van der Waals surface area (Å²) in [5.74, 6) is 0. The number of hydrogen-bond donors (Lipinski definition) is 0. The molecule has 0 unspecified atom stereocenters. The first-order chi connectivity index (χ1) is 25.8. The van der Waals surface area contributed by atoms with E-state index in [0.29, 0.717) is 0 Å². The lowest BCUT2D eigenvalue weighted by atomic mass is 9.81. The average molecular weight is 657 g/mol. The second-order valence-electron chi connectivity index (χ2n) is 14.0. The highest BCUT2D eigenvalue weighted by Gasteiger charge is 2.31. The maximum Gasteiger partial charge on any atom is -0.000719 e. The Morgan fingerprint density at radius 3 is 1.19 bits per heavy atom. The minimum atomic E-state index is 1.22. The summed E-state index contributed by atoms with van der Waals surface area (Å²) in [6, 6.07) is 71.8. The van der Waals surface area contributed by atoms with E-state index in [1.54, 1.807) is 0 Å². The van der Waals surface area contributed by atoms with Gasteiger partial charge >= 0.3 is 0 Å². The van der Waals surface area contributed by atoms with E-state index in [1.807, 2.05) is 0 Å². The van der Waals surface area contributed by atoms with Gasteiger partial charge in [-0.15, -0.1) is 0 Å². The third-order valence-electron chi connectivity index (χ3n) is 11.2. The van der Waals surface area contributed by atoms with Gasteiger partial charge in [0.1, 0.15) is 0 Å². The van der Waals surface area contributed by atoms with Crippen molar-refractivity contribution in [2.45, 2.75) is 0 Å². The first-order valence-electron chi connectivity index (χ1n) is 18.1. The van der Waals surface area contributed by atoms with Gasteiger partial charge in [0.05, 0.1) is 0 Å². The first-order valence-corrected chi connectivity index (χ1v) is 18.1. The van der Waals surface area contributed by atoms with E-state index < -0.39 is 0 Å². The molecule has 52 heavy (non-hydrogen) atoms. The van der Waals surface area contributed by atoms with Crippen molar-refractivity contribution in [2.24, 2.45) is 0 Å². The molecule has 10 aromatic carbocycles. The highest BCUT2D eigenvalue weighted by molar-refractivity contribution is 6.31. The van der Waals surface area contributed by atoms with Crippen LogP contribution in [0.3, 0.4) is 0 Å². The SMILES string of the molecule is c1ccc(-c2ccc(-c3c4c(c(-c5ccc(-c6ccccc6)cc5)c5cc6ccccc6cc35)-c3cc5ccccc5c5cccc-4c35)cc2)cc1. The van der Waals surface area contributed by atoms with Crippen molar-refractivity contribution in [3.8, 4) is 66.8 Å². The van der Waals surface area contributed by atoms with E-state index in [4.69, 9.17) is 0 Å². The third-order valence-corrected chi connectivity index (χ3v) is 11.2. The highest BCUT2D eigenvalue weighted by atomic mass is 14.3. The predicted molar refractivity (Wildman–Crippen MR) is 223 cm³/mol. The molecule has 240 valence electrons. The van der Waals surface area contributed by atoms with Crippen LogP contribution < -0.4 is 0 Å². The maximum atomic E-state index is 2.45. The van der Waals surface area contributed by atoms with Gasteiger partial charge in [0.2, 0.25) is 0 Å². The van der Waals surface area contributed by atoms with Gasteiger partial charge in [-0.3, -0.25) is 0 Å². The Balaban J connectivity index is 1.29. The van der Waals surface area contributed by atoms with Gasteiger partial charge in [-0.05, 0) is 128 Å². The highest BCUT2D eigenvalue weighted by Crippen LogP contribution is 2.59. The molecule has 0 aromatic heterocycles. The number of benzene rings is 10. The predicted octanol–water partition coefficient (Wildman–Crippen LogP) is 14.6. The van der Waals surface area contributed by atoms with Crippen LogP contribution in [0.15, 0.2) is 194 Å². The molecule has 10 aromatic rings. The second kappa shape index (κ2) is 11.4. The molecule has 0 heterocycles. The van der Waals surface area contributed by atoms with Crippen LogP contribution in [0.25, 0.3) is 110 Å². The fraction of sp³-hybridized carbons (Fsp3) is 0. The Kier molecular flexibility index (Phi) is 6.35. The smallest absolute Gasteiger partial charge is 0.000719 e. The Morgan fingerprint density at radius 1 is 0.212 bits per heavy atom. The molecule has 0 aliphatic heterocycles. The van der Waals surface area contributed by atoms with Crippen molar-refractivity contribution in [3.63, 3.8) is 0 Å². The minimum Gasteiger partial charge on any atom is -0.0622 e. The molecular weight excluding hydrogens is 625 g/mol. The zero-order valence-electron chi connectivity index (χ0n) is 28.5. The lowest BCUT2D eigenvalue weighted by molar-refractivity contribution is 1.59. The van der Waals surface area contributed by atoms with Gasteiger partial charge in [0, 0.05) is 0 Å². The van der Waals surface area contributed by atoms with Gasteiger partial charge < -0.3 is 0 Å². The topological polar surface area (TPSA) is 0 Å². The van der Waals surface area contributed by atoms with Crippen molar-refractivity contribution < 1.29 is 0 Å². The van der Waals surface area contributed by atoms with Crippen molar-refractivity contribution in [1.29, 1.82) is 0 Å². The van der Waals surface area contributed by atoms with Crippen LogP contribution in [0.4, 0.5) is 0 Å². The molecule has 0 nitrogen and oxygen atoms in total. The average Bonchev–Trinajstić information content (AvgIpc) is 3.54. The molecule has 1 aliphatic carbocycles. The van der Waals surface area contributed by atoms with E-state index in [0.717, 1.165) is 0 Å². The summed E-state index contributed by atoms with van der Waals surface area (Å²) in [6.07, 6.45) is 0. The van der Waals surface area contributed by atoms with Crippen molar-refractivity contribution >= 4 is 43.1 Å². The van der Waals surface area contributed by atoms with Crippen LogP contribution in [-0.4, -0.2) is 0 Å². The van der Waals surface area contributed by atoms with Gasteiger partial charge in [0.25, 0.3) is 0 Å². The van der Waals surface area contributed by atoms with Crippen molar-refractivity contribution in [3.05, 3.63) is 194 Å². The normalized spacial score (nSPS) is 11.8. The fourth-order valence-electron chi connectivity index (χ4n) is 8.80. The molecule has 0 saturated carbocycles. The molecule has 1 aliphatic rings. The summed E-state index contributed by atoms with van der Waals surface area (Å²) in [4.78, 5) is 0. The first kappa shape index (κ1) is 29.0. The van der Waals surface area contributed by atoms with Gasteiger partial charge in [-0.2, -0.15) is 0 Å². The van der Waals surface area contributed by atoms with E-state index in [-0.39, 0.29) is 0 Å². The van der Waals surface area contributed by atoms with Crippen LogP contribution in [0, 0.1) is 0 Å². The number of rotatable bonds is 4. The fourth-order valence-corrected chi connectivity index (χ4v) is 8.80. The van der Waals surface area contributed by atoms with Gasteiger partial charge in [-0.25, -0.2) is 0 Å². The van der Waals surface area contributed by atoms with E-state index >= 15 is 0 Å². The van der Waals surface area contributed by atoms with Crippen LogP contribution in [-0.2, 0) is 0 Å². The summed E-state index contributed by atoms with van der Waals surface area (Å²) < 4.78 is 0. The molecule has 0 heteroatoms. The maximum absolute atomic E-state index is 2.45. The zero-order chi connectivity index (χ0) is 34.2. The largest absolute Gasteiger partial charge is 0.0622 e. The van der Waals surface area contributed by atoms with Crippen LogP contribution in [0.2, 0.25) is 0 Å². The van der Waals surface area contributed by atoms with Crippen LogP contribution in [0.1, 0.15) is 0 Å². The lowest BCUT2D eigenvalue weighted by Crippen LogP contribution is -1.94. The van der Waals surface area contributed by atoms with Crippen molar-refractivity contribution in [1.82, 2.24) is 0 Å². The molecule has 0 spiro atoms. The van der Waals surface area contributed by atoms with E-state index in [1.165, 1.54) is 110 Å². The second-order valence-corrected chi connectivity index (χ2v) is 14.0.